The van der Waals surface area contributed by atoms with E-state index in [0.29, 0.717) is 67.3 Å². The minimum absolute atomic E-state index is 0.0197. The van der Waals surface area contributed by atoms with Crippen LogP contribution < -0.4 is 0 Å². The predicted molar refractivity (Wildman–Crippen MR) is 400 cm³/mol. The van der Waals surface area contributed by atoms with Crippen LogP contribution in [0, 0.1) is 104 Å². The van der Waals surface area contributed by atoms with Crippen LogP contribution in [0.3, 0.4) is 0 Å². The predicted octanol–water partition coefficient (Wildman–Crippen LogP) is 17.7. The van der Waals surface area contributed by atoms with Crippen LogP contribution in [0.2, 0.25) is 0 Å². The lowest BCUT2D eigenvalue weighted by molar-refractivity contribution is -0.231. The van der Waals surface area contributed by atoms with Crippen molar-refractivity contribution >= 4 is 51.9 Å². The van der Waals surface area contributed by atoms with Crippen molar-refractivity contribution < 1.29 is 84.4 Å². The van der Waals surface area contributed by atoms with Gasteiger partial charge in [-0.05, 0) is 291 Å². The average Bonchev–Trinajstić information content (AvgIpc) is 1.67. The highest BCUT2D eigenvalue weighted by molar-refractivity contribution is 7.87. The van der Waals surface area contributed by atoms with Crippen molar-refractivity contribution in [2.45, 2.75) is 384 Å². The van der Waals surface area contributed by atoms with Gasteiger partial charge in [0.15, 0.2) is 0 Å². The second-order valence-electron chi connectivity index (χ2n) is 39.1. The van der Waals surface area contributed by atoms with Crippen LogP contribution in [0.4, 0.5) is 0 Å². The third-order valence-electron chi connectivity index (χ3n) is 29.0. The number of ether oxygens (including phenoxy) is 7. The van der Waals surface area contributed by atoms with E-state index in [1.54, 1.807) is 0 Å². The number of aliphatic hydroxyl groups is 1. The Hall–Kier alpha value is -3.84. The van der Waals surface area contributed by atoms with Crippen molar-refractivity contribution in [3.63, 3.8) is 0 Å². The van der Waals surface area contributed by atoms with Crippen LogP contribution in [-0.2, 0) is 81.0 Å². The van der Waals surface area contributed by atoms with Crippen molar-refractivity contribution in [3.8, 4) is 0 Å². The van der Waals surface area contributed by atoms with Gasteiger partial charge >= 0.3 is 41.8 Å². The number of rotatable bonds is 22. The van der Waals surface area contributed by atoms with E-state index in [2.05, 4.69) is 34.6 Å². The summed E-state index contributed by atoms with van der Waals surface area (Å²) in [5, 5.41) is 10.3. The Labute approximate surface area is 627 Å². The Bertz CT molecular complexity index is 3090. The molecule has 0 radical (unpaired) electrons. The molecule has 15 aliphatic rings. The molecule has 12 bridgehead atoms. The average molecular weight is 1480 g/mol. The van der Waals surface area contributed by atoms with Gasteiger partial charge in [-0.1, -0.05) is 75.7 Å². The molecule has 2 saturated heterocycles. The summed E-state index contributed by atoms with van der Waals surface area (Å²) < 4.78 is 68.7. The molecule has 0 spiro atoms. The highest BCUT2D eigenvalue weighted by Gasteiger charge is 2.67. The summed E-state index contributed by atoms with van der Waals surface area (Å²) in [6, 6.07) is 0. The smallest absolute Gasteiger partial charge is 0.312 e. The summed E-state index contributed by atoms with van der Waals surface area (Å²) in [7, 11) is -3.43. The van der Waals surface area contributed by atoms with Crippen LogP contribution in [0.25, 0.3) is 0 Å². The number of carbonyl (C=O) groups is 7. The van der Waals surface area contributed by atoms with Crippen molar-refractivity contribution in [1.82, 2.24) is 0 Å². The lowest BCUT2D eigenvalue weighted by Crippen LogP contribution is -2.63. The molecule has 1 N–H and O–H groups in total. The summed E-state index contributed by atoms with van der Waals surface area (Å²) in [4.78, 5) is 84.4. The molecule has 104 heavy (non-hydrogen) atoms. The van der Waals surface area contributed by atoms with E-state index in [0.717, 1.165) is 121 Å². The van der Waals surface area contributed by atoms with E-state index in [9.17, 15) is 47.1 Å². The molecule has 13 saturated carbocycles. The first-order chi connectivity index (χ1) is 48.2. The molecule has 0 aromatic heterocycles. The second kappa shape index (κ2) is 32.6. The fourth-order valence-electron chi connectivity index (χ4n) is 20.0. The van der Waals surface area contributed by atoms with Crippen LogP contribution in [0.5, 0.6) is 0 Å². The standard InChI is InChI=1S/C19H32O2.C16H26O3.C14H20O4.C13H20O5S.C13H24O2.C10H20O2/c1-6-18(4,5)17(20)21-19(12(2)3)15-8-13-7-14(10-15)11-16(19)9-13;1-4-14(2,3)13(17)19-16-8-11-5-12(9-16)7-15(18,6-11)10-16;1-4-14(2,3)13(16)18-10-7-5-8-9(6-7)12(15)17-11(8)10;1-4-13(2,3)12(14)17-10-7-5-8-9(6-7)19(15,16)18-11(8)10;1-5-12(3,4)11(14)15-13(6-2)9-7-8-10-13;1-5-7-8-12-9(11)10(3,4)6-2/h12-16H,6-11H2,1-5H3;11-12,18H,4-10H2,1-3H3;7-11H,4-6H2,1-3H3;7-11H,4-6H2,1-3H3;5-10H2,1-4H3;5-8H2,1-4H3. The number of esters is 7. The monoisotopic (exact) mass is 1480 g/mol. The highest BCUT2D eigenvalue weighted by atomic mass is 32.2. The number of unbranched alkanes of at least 4 members (excludes halogenated alkanes) is 1. The first-order valence-corrected chi connectivity index (χ1v) is 42.9. The van der Waals surface area contributed by atoms with E-state index in [-0.39, 0.29) is 116 Å². The molecule has 12 unspecified atom stereocenters. The highest BCUT2D eigenvalue weighted by Crippen LogP contribution is 2.64. The summed E-state index contributed by atoms with van der Waals surface area (Å²) in [6.45, 7) is 44.6. The van der Waals surface area contributed by atoms with Gasteiger partial charge in [-0.25, -0.2) is 0 Å². The van der Waals surface area contributed by atoms with Gasteiger partial charge in [-0.2, -0.15) is 8.42 Å². The third-order valence-corrected chi connectivity index (χ3v) is 30.8. The molecule has 15 rings (SSSR count). The van der Waals surface area contributed by atoms with Crippen LogP contribution in [-0.4, -0.2) is 114 Å². The van der Waals surface area contributed by atoms with Crippen LogP contribution >= 0.6 is 0 Å². The Balaban J connectivity index is 0.000000159. The fraction of sp³-hybridized carbons (Fsp3) is 0.918. The van der Waals surface area contributed by atoms with Crippen molar-refractivity contribution in [3.05, 3.63) is 0 Å². The Kier molecular flexibility index (Phi) is 26.9. The zero-order valence-electron chi connectivity index (χ0n) is 68.6. The molecule has 0 aromatic carbocycles. The van der Waals surface area contributed by atoms with E-state index in [1.807, 2.05) is 118 Å². The quantitative estimate of drug-likeness (QED) is 0.0458. The molecule has 596 valence electrons. The van der Waals surface area contributed by atoms with E-state index >= 15 is 0 Å². The van der Waals surface area contributed by atoms with Gasteiger partial charge in [0.2, 0.25) is 0 Å². The number of hydrogen-bond donors (Lipinski definition) is 1. The summed E-state index contributed by atoms with van der Waals surface area (Å²) >= 11 is 0. The minimum Gasteiger partial charge on any atom is -0.465 e. The summed E-state index contributed by atoms with van der Waals surface area (Å²) in [5.41, 5.74) is -3.60. The molecule has 2 aliphatic heterocycles. The van der Waals surface area contributed by atoms with Gasteiger partial charge in [-0.15, -0.1) is 0 Å². The molecule has 0 aromatic rings. The van der Waals surface area contributed by atoms with E-state index in [1.165, 1.54) is 51.4 Å². The topological polar surface area (TPSA) is 248 Å². The molecular formula is C85H142O18S. The first kappa shape index (κ1) is 85.8. The zero-order valence-corrected chi connectivity index (χ0v) is 69.4. The summed E-state index contributed by atoms with van der Waals surface area (Å²) in [5.74, 6) is 4.85. The largest absolute Gasteiger partial charge is 0.465 e. The number of fused-ring (bicyclic) bond motifs is 2. The van der Waals surface area contributed by atoms with Gasteiger partial charge in [0.25, 0.3) is 10.1 Å². The molecule has 0 amide bonds. The minimum atomic E-state index is -3.43. The lowest BCUT2D eigenvalue weighted by Gasteiger charge is -2.62. The van der Waals surface area contributed by atoms with Crippen LogP contribution in [0.15, 0.2) is 0 Å². The Morgan fingerprint density at radius 2 is 0.933 bits per heavy atom. The fourth-order valence-corrected chi connectivity index (χ4v) is 21.8. The van der Waals surface area contributed by atoms with Gasteiger partial charge in [-0.3, -0.25) is 37.7 Å². The molecular weight excluding hydrogens is 1340 g/mol. The maximum Gasteiger partial charge on any atom is 0.312 e. The lowest BCUT2D eigenvalue weighted by atomic mass is 9.47. The normalized spacial score (nSPS) is 35.6. The van der Waals surface area contributed by atoms with Crippen molar-refractivity contribution in [2.24, 2.45) is 104 Å². The first-order valence-electron chi connectivity index (χ1n) is 41.4. The third kappa shape index (κ3) is 18.3. The van der Waals surface area contributed by atoms with Gasteiger partial charge < -0.3 is 38.3 Å². The molecule has 2 heterocycles. The Morgan fingerprint density at radius 1 is 0.510 bits per heavy atom. The molecule has 12 atom stereocenters. The maximum atomic E-state index is 12.8. The van der Waals surface area contributed by atoms with Crippen molar-refractivity contribution in [1.29, 1.82) is 0 Å². The van der Waals surface area contributed by atoms with E-state index in [4.69, 9.17) is 37.3 Å². The molecule has 13 aliphatic carbocycles. The zero-order chi connectivity index (χ0) is 77.5. The van der Waals surface area contributed by atoms with Crippen molar-refractivity contribution in [2.75, 3.05) is 6.61 Å². The molecule has 19 heteroatoms. The second-order valence-corrected chi connectivity index (χ2v) is 40.9. The van der Waals surface area contributed by atoms with E-state index < -0.39 is 38.1 Å². The number of carbonyl (C=O) groups excluding carboxylic acids is 7. The van der Waals surface area contributed by atoms with Gasteiger partial charge in [0.1, 0.15) is 41.2 Å². The van der Waals surface area contributed by atoms with Gasteiger partial charge in [0.05, 0.1) is 55.9 Å². The summed E-state index contributed by atoms with van der Waals surface area (Å²) in [6.07, 6.45) is 26.5. The molecule has 18 nitrogen and oxygen atoms in total. The molecule has 15 fully saturated rings. The maximum absolute atomic E-state index is 12.8. The number of hydrogen-bond acceptors (Lipinski definition) is 18. The Morgan fingerprint density at radius 3 is 1.38 bits per heavy atom. The van der Waals surface area contributed by atoms with Crippen LogP contribution in [0.1, 0.15) is 332 Å². The SMILES string of the molecule is CCC(C)(C)C(=O)OC1(C(C)C)C2CC3CC(C2)CC1C3.CCC(C)(C)C(=O)OC12CC3CC(CC(O)(C3)C1)C2.CCC(C)(C)C(=O)OC1C2CC3C(=O)OC1C3C2.CCC(C)(C)C(=O)OC1C2CC3C1OS(=O)(=O)C3C2.CCC1(OC(=O)C(C)(C)CC)CCCC1.CCCCOC(=O)C(C)(C)CC. The van der Waals surface area contributed by atoms with Gasteiger partial charge in [0, 0.05) is 30.1 Å².